The molecule has 0 saturated heterocycles. The number of aromatic nitrogens is 2. The van der Waals surface area contributed by atoms with E-state index in [0.717, 1.165) is 30.3 Å². The summed E-state index contributed by atoms with van der Waals surface area (Å²) in [5, 5.41) is 12.5. The summed E-state index contributed by atoms with van der Waals surface area (Å²) in [5.41, 5.74) is 0.774. The highest BCUT2D eigenvalue weighted by Crippen LogP contribution is 2.27. The van der Waals surface area contributed by atoms with Crippen LogP contribution in [0.4, 0.5) is 4.39 Å². The van der Waals surface area contributed by atoms with E-state index < -0.39 is 29.8 Å². The molecule has 0 spiro atoms. The van der Waals surface area contributed by atoms with Crippen molar-refractivity contribution in [2.75, 3.05) is 13.2 Å². The minimum atomic E-state index is -0.940. The maximum atomic E-state index is 12.5. The van der Waals surface area contributed by atoms with Crippen LogP contribution in [0.5, 0.6) is 5.75 Å². The SMILES string of the molecule is O=C(NCCF)C(Cc1ccc(C#CC#CC2CC2)cc1)c1nc[nH]c(=O)c1O. The van der Waals surface area contributed by atoms with Crippen LogP contribution in [0, 0.1) is 29.6 Å². The van der Waals surface area contributed by atoms with Crippen molar-refractivity contribution in [3.63, 3.8) is 0 Å². The molecule has 6 nitrogen and oxygen atoms in total. The molecule has 7 heteroatoms. The number of H-pyrrole nitrogens is 1. The van der Waals surface area contributed by atoms with Crippen LogP contribution >= 0.6 is 0 Å². The van der Waals surface area contributed by atoms with Crippen molar-refractivity contribution in [2.24, 2.45) is 5.92 Å². The van der Waals surface area contributed by atoms with Crippen LogP contribution in [-0.4, -0.2) is 34.2 Å². The van der Waals surface area contributed by atoms with Gasteiger partial charge in [-0.15, -0.1) is 0 Å². The molecule has 29 heavy (non-hydrogen) atoms. The lowest BCUT2D eigenvalue weighted by molar-refractivity contribution is -0.122. The van der Waals surface area contributed by atoms with E-state index >= 15 is 0 Å². The number of hydrogen-bond acceptors (Lipinski definition) is 4. The lowest BCUT2D eigenvalue weighted by Crippen LogP contribution is -2.33. The highest BCUT2D eigenvalue weighted by Gasteiger charge is 2.26. The van der Waals surface area contributed by atoms with E-state index in [1.54, 1.807) is 12.1 Å². The van der Waals surface area contributed by atoms with Gasteiger partial charge in [-0.1, -0.05) is 24.0 Å². The van der Waals surface area contributed by atoms with Crippen LogP contribution in [0.2, 0.25) is 0 Å². The van der Waals surface area contributed by atoms with E-state index in [4.69, 9.17) is 0 Å². The predicted octanol–water partition coefficient (Wildman–Crippen LogP) is 1.65. The number of hydrogen-bond donors (Lipinski definition) is 3. The Morgan fingerprint density at radius 2 is 2.07 bits per heavy atom. The highest BCUT2D eigenvalue weighted by atomic mass is 19.1. The molecule has 1 saturated carbocycles. The van der Waals surface area contributed by atoms with Gasteiger partial charge in [-0.2, -0.15) is 0 Å². The van der Waals surface area contributed by atoms with Crippen molar-refractivity contribution in [3.05, 3.63) is 57.8 Å². The van der Waals surface area contributed by atoms with E-state index in [1.807, 2.05) is 12.1 Å². The molecule has 148 valence electrons. The van der Waals surface area contributed by atoms with E-state index in [2.05, 4.69) is 39.0 Å². The quantitative estimate of drug-likeness (QED) is 0.651. The first-order chi connectivity index (χ1) is 14.1. The fraction of sp³-hybridized carbons (Fsp3) is 0.318. The molecule has 0 aliphatic heterocycles. The van der Waals surface area contributed by atoms with E-state index in [0.29, 0.717) is 5.92 Å². The fourth-order valence-corrected chi connectivity index (χ4v) is 2.70. The number of carbonyl (C=O) groups excluding carboxylic acids is 1. The number of aromatic hydroxyl groups is 1. The van der Waals surface area contributed by atoms with Gasteiger partial charge in [0, 0.05) is 18.0 Å². The molecule has 2 aromatic rings. The third kappa shape index (κ3) is 5.70. The van der Waals surface area contributed by atoms with Gasteiger partial charge in [-0.05, 0) is 48.8 Å². The minimum absolute atomic E-state index is 0.0515. The van der Waals surface area contributed by atoms with Crippen LogP contribution in [0.15, 0.2) is 35.4 Å². The number of amides is 1. The smallest absolute Gasteiger partial charge is 0.293 e. The Labute approximate surface area is 167 Å². The van der Waals surface area contributed by atoms with Crippen molar-refractivity contribution in [2.45, 2.75) is 25.2 Å². The van der Waals surface area contributed by atoms with Crippen LogP contribution in [0.25, 0.3) is 0 Å². The van der Waals surface area contributed by atoms with Crippen molar-refractivity contribution in [1.82, 2.24) is 15.3 Å². The van der Waals surface area contributed by atoms with E-state index in [1.165, 1.54) is 0 Å². The zero-order valence-electron chi connectivity index (χ0n) is 15.7. The summed E-state index contributed by atoms with van der Waals surface area (Å²) in [6.07, 6.45) is 3.60. The number of nitrogens with zero attached hydrogens (tertiary/aromatic N) is 1. The van der Waals surface area contributed by atoms with Crippen molar-refractivity contribution in [3.8, 4) is 29.4 Å². The molecule has 1 fully saturated rings. The zero-order chi connectivity index (χ0) is 20.6. The van der Waals surface area contributed by atoms with Gasteiger partial charge in [0.2, 0.25) is 11.7 Å². The molecule has 1 atom stereocenters. The Bertz CT molecular complexity index is 1050. The first kappa shape index (κ1) is 20.2. The van der Waals surface area contributed by atoms with Crippen molar-refractivity contribution >= 4 is 5.91 Å². The average molecular weight is 393 g/mol. The molecule has 0 radical (unpaired) electrons. The lowest BCUT2D eigenvalue weighted by Gasteiger charge is -2.16. The first-order valence-electron chi connectivity index (χ1n) is 9.29. The summed E-state index contributed by atoms with van der Waals surface area (Å²) in [7, 11) is 0. The maximum Gasteiger partial charge on any atom is 0.293 e. The normalized spacial score (nSPS) is 13.4. The molecule has 1 heterocycles. The number of rotatable bonds is 6. The summed E-state index contributed by atoms with van der Waals surface area (Å²) in [5.74, 6) is 10.1. The second-order valence-electron chi connectivity index (χ2n) is 6.69. The van der Waals surface area contributed by atoms with E-state index in [-0.39, 0.29) is 18.7 Å². The Balaban J connectivity index is 1.78. The number of alkyl halides is 1. The Morgan fingerprint density at radius 1 is 1.31 bits per heavy atom. The van der Waals surface area contributed by atoms with Gasteiger partial charge >= 0.3 is 0 Å². The number of aromatic amines is 1. The number of nitrogens with one attached hydrogen (secondary N) is 2. The summed E-state index contributed by atoms with van der Waals surface area (Å²) in [6, 6.07) is 7.22. The van der Waals surface area contributed by atoms with Gasteiger partial charge in [0.1, 0.15) is 12.4 Å². The molecule has 1 aliphatic carbocycles. The summed E-state index contributed by atoms with van der Waals surface area (Å²) in [6.45, 7) is -0.875. The highest BCUT2D eigenvalue weighted by molar-refractivity contribution is 5.84. The molecule has 3 rings (SSSR count). The molecule has 1 amide bonds. The topological polar surface area (TPSA) is 95.1 Å². The minimum Gasteiger partial charge on any atom is -0.502 e. The van der Waals surface area contributed by atoms with Crippen LogP contribution < -0.4 is 10.9 Å². The van der Waals surface area contributed by atoms with E-state index in [9.17, 15) is 19.1 Å². The summed E-state index contributed by atoms with van der Waals surface area (Å²) in [4.78, 5) is 30.4. The second kappa shape index (κ2) is 9.57. The average Bonchev–Trinajstić information content (AvgIpc) is 3.55. The Kier molecular flexibility index (Phi) is 6.65. The summed E-state index contributed by atoms with van der Waals surface area (Å²) < 4.78 is 12.5. The van der Waals surface area contributed by atoms with Crippen molar-refractivity contribution in [1.29, 1.82) is 0 Å². The van der Waals surface area contributed by atoms with Gasteiger partial charge in [0.15, 0.2) is 0 Å². The van der Waals surface area contributed by atoms with Crippen molar-refractivity contribution < 1.29 is 14.3 Å². The monoisotopic (exact) mass is 393 g/mol. The molecule has 1 aliphatic rings. The van der Waals surface area contributed by atoms with Crippen LogP contribution in [0.1, 0.15) is 35.6 Å². The fourth-order valence-electron chi connectivity index (χ4n) is 2.70. The van der Waals surface area contributed by atoms with Gasteiger partial charge in [-0.25, -0.2) is 9.37 Å². The van der Waals surface area contributed by atoms with Gasteiger partial charge in [0.05, 0.1) is 12.2 Å². The standard InChI is InChI=1S/C22H20FN3O3/c23-11-12-24-21(28)18(19-20(27)22(29)26-14-25-19)13-17-9-7-16(8-10-17)4-2-1-3-15-5-6-15/h7-10,14-15,18,27H,5-6,11-13H2,(H,24,28)(H,25,26,29). The second-order valence-corrected chi connectivity index (χ2v) is 6.69. The van der Waals surface area contributed by atoms with Crippen LogP contribution in [0.3, 0.4) is 0 Å². The molecule has 1 aromatic heterocycles. The zero-order valence-corrected chi connectivity index (χ0v) is 15.7. The summed E-state index contributed by atoms with van der Waals surface area (Å²) >= 11 is 0. The Morgan fingerprint density at radius 3 is 2.76 bits per heavy atom. The Hall–Kier alpha value is -3.58. The van der Waals surface area contributed by atoms with Crippen LogP contribution in [-0.2, 0) is 11.2 Å². The number of halogens is 1. The predicted molar refractivity (Wildman–Crippen MR) is 106 cm³/mol. The molecule has 0 bridgehead atoms. The molecule has 3 N–H and O–H groups in total. The molecular weight excluding hydrogens is 373 g/mol. The largest absolute Gasteiger partial charge is 0.502 e. The lowest BCUT2D eigenvalue weighted by atomic mass is 9.94. The third-order valence-electron chi connectivity index (χ3n) is 4.41. The first-order valence-corrected chi connectivity index (χ1v) is 9.29. The molecule has 1 aromatic carbocycles. The van der Waals surface area contributed by atoms with Gasteiger partial charge in [-0.3, -0.25) is 9.59 Å². The number of carbonyl (C=O) groups is 1. The molecule has 1 unspecified atom stereocenters. The molecular formula is C22H20FN3O3. The van der Waals surface area contributed by atoms with Gasteiger partial charge in [0.25, 0.3) is 5.56 Å². The maximum absolute atomic E-state index is 12.5. The van der Waals surface area contributed by atoms with Gasteiger partial charge < -0.3 is 15.4 Å². The number of benzene rings is 1. The third-order valence-corrected chi connectivity index (χ3v) is 4.41.